The highest BCUT2D eigenvalue weighted by atomic mass is 16.1. The summed E-state index contributed by atoms with van der Waals surface area (Å²) in [7, 11) is 1.79. The molecule has 0 fully saturated rings. The number of aromatic amines is 1. The van der Waals surface area contributed by atoms with E-state index in [0.717, 1.165) is 23.1 Å². The zero-order chi connectivity index (χ0) is 18.4. The Hall–Kier alpha value is -3.53. The third-order valence-corrected chi connectivity index (χ3v) is 5.17. The predicted molar refractivity (Wildman–Crippen MR) is 110 cm³/mol. The molecule has 0 amide bonds. The molecule has 5 aromatic rings. The number of benzene rings is 2. The van der Waals surface area contributed by atoms with Crippen LogP contribution in [0.2, 0.25) is 0 Å². The summed E-state index contributed by atoms with van der Waals surface area (Å²) in [4.78, 5) is 15.4. The molecule has 0 radical (unpaired) electrons. The Morgan fingerprint density at radius 1 is 1.00 bits per heavy atom. The molecule has 132 valence electrons. The van der Waals surface area contributed by atoms with Crippen LogP contribution in [0.1, 0.15) is 5.56 Å². The monoisotopic (exact) mass is 353 g/mol. The molecule has 4 heteroatoms. The van der Waals surface area contributed by atoms with E-state index in [9.17, 15) is 4.79 Å². The van der Waals surface area contributed by atoms with Crippen LogP contribution >= 0.6 is 0 Å². The van der Waals surface area contributed by atoms with Gasteiger partial charge in [0.25, 0.3) is 5.56 Å². The Labute approximate surface area is 156 Å². The summed E-state index contributed by atoms with van der Waals surface area (Å²) in [6.07, 6.45) is 5.88. The summed E-state index contributed by atoms with van der Waals surface area (Å²) < 4.78 is 3.91. The van der Waals surface area contributed by atoms with E-state index in [0.29, 0.717) is 5.52 Å². The van der Waals surface area contributed by atoms with Crippen molar-refractivity contribution in [2.45, 2.75) is 6.54 Å². The van der Waals surface area contributed by atoms with Crippen LogP contribution in [0.3, 0.4) is 0 Å². The average Bonchev–Trinajstić information content (AvgIpc) is 3.33. The van der Waals surface area contributed by atoms with E-state index < -0.39 is 0 Å². The average molecular weight is 353 g/mol. The van der Waals surface area contributed by atoms with Gasteiger partial charge >= 0.3 is 0 Å². The van der Waals surface area contributed by atoms with Gasteiger partial charge in [0, 0.05) is 48.6 Å². The van der Waals surface area contributed by atoms with E-state index in [-0.39, 0.29) is 5.56 Å². The maximum absolute atomic E-state index is 12.3. The van der Waals surface area contributed by atoms with E-state index in [1.807, 2.05) is 24.5 Å². The molecule has 0 atom stereocenters. The molecule has 0 saturated carbocycles. The Morgan fingerprint density at radius 3 is 2.70 bits per heavy atom. The Balaban J connectivity index is 1.67. The highest BCUT2D eigenvalue weighted by Crippen LogP contribution is 2.29. The fourth-order valence-electron chi connectivity index (χ4n) is 3.77. The van der Waals surface area contributed by atoms with Gasteiger partial charge in [0.2, 0.25) is 0 Å². The van der Waals surface area contributed by atoms with Gasteiger partial charge in [-0.15, -0.1) is 0 Å². The van der Waals surface area contributed by atoms with Crippen LogP contribution < -0.4 is 5.56 Å². The van der Waals surface area contributed by atoms with Gasteiger partial charge in [-0.3, -0.25) is 4.79 Å². The highest BCUT2D eigenvalue weighted by Gasteiger charge is 2.11. The Kier molecular flexibility index (Phi) is 3.50. The van der Waals surface area contributed by atoms with Crippen LogP contribution in [0.4, 0.5) is 0 Å². The van der Waals surface area contributed by atoms with Crippen LogP contribution in [-0.4, -0.2) is 14.1 Å². The van der Waals surface area contributed by atoms with Crippen LogP contribution in [-0.2, 0) is 13.6 Å². The molecular formula is C23H19N3O. The molecule has 3 heterocycles. The normalized spacial score (nSPS) is 11.4. The minimum atomic E-state index is -0.00715. The van der Waals surface area contributed by atoms with E-state index >= 15 is 0 Å². The SMILES string of the molecule is Cn1cc(-c2ccc3ccn(Cc4ccccc4)c3c2)c2cc[nH]c2c1=O. The molecule has 0 aliphatic rings. The molecule has 0 bridgehead atoms. The standard InChI is InChI=1S/C23H19N3O/c1-25-15-20(19-9-11-24-22(19)23(25)27)18-8-7-17-10-12-26(21(17)13-18)14-16-5-3-2-4-6-16/h2-13,15,24H,14H2,1H3. The van der Waals surface area contributed by atoms with Crippen LogP contribution in [0, 0.1) is 0 Å². The Bertz CT molecular complexity index is 1320. The topological polar surface area (TPSA) is 42.7 Å². The second-order valence-electron chi connectivity index (χ2n) is 6.93. The summed E-state index contributed by atoms with van der Waals surface area (Å²) in [6.45, 7) is 0.834. The smallest absolute Gasteiger partial charge is 0.274 e. The van der Waals surface area contributed by atoms with Crippen molar-refractivity contribution in [3.8, 4) is 11.1 Å². The number of hydrogen-bond donors (Lipinski definition) is 1. The van der Waals surface area contributed by atoms with Crippen molar-refractivity contribution >= 4 is 21.8 Å². The lowest BCUT2D eigenvalue weighted by Gasteiger charge is -2.10. The third kappa shape index (κ3) is 2.57. The summed E-state index contributed by atoms with van der Waals surface area (Å²) >= 11 is 0. The summed E-state index contributed by atoms with van der Waals surface area (Å²) in [6, 6.07) is 21.1. The maximum Gasteiger partial charge on any atom is 0.274 e. The maximum atomic E-state index is 12.3. The molecule has 0 aliphatic heterocycles. The highest BCUT2D eigenvalue weighted by molar-refractivity contribution is 5.96. The van der Waals surface area contributed by atoms with Gasteiger partial charge in [-0.05, 0) is 34.7 Å². The molecule has 1 N–H and O–H groups in total. The molecule has 0 aliphatic carbocycles. The number of hydrogen-bond acceptors (Lipinski definition) is 1. The first-order valence-electron chi connectivity index (χ1n) is 9.00. The fourth-order valence-corrected chi connectivity index (χ4v) is 3.77. The molecule has 0 unspecified atom stereocenters. The van der Waals surface area contributed by atoms with Crippen LogP contribution in [0.15, 0.2) is 84.0 Å². The number of aromatic nitrogens is 3. The summed E-state index contributed by atoms with van der Waals surface area (Å²) in [5.74, 6) is 0. The number of nitrogens with zero attached hydrogens (tertiary/aromatic N) is 2. The van der Waals surface area contributed by atoms with Crippen LogP contribution in [0.5, 0.6) is 0 Å². The van der Waals surface area contributed by atoms with Crippen molar-refractivity contribution in [3.05, 3.63) is 95.2 Å². The van der Waals surface area contributed by atoms with Gasteiger partial charge in [-0.1, -0.05) is 42.5 Å². The lowest BCUT2D eigenvalue weighted by atomic mass is 10.0. The van der Waals surface area contributed by atoms with Crippen molar-refractivity contribution < 1.29 is 0 Å². The molecule has 0 spiro atoms. The lowest BCUT2D eigenvalue weighted by molar-refractivity contribution is 0.837. The minimum Gasteiger partial charge on any atom is -0.357 e. The lowest BCUT2D eigenvalue weighted by Crippen LogP contribution is -2.16. The molecule has 0 saturated heterocycles. The summed E-state index contributed by atoms with van der Waals surface area (Å²) in [5.41, 5.74) is 5.27. The number of pyridine rings is 1. The third-order valence-electron chi connectivity index (χ3n) is 5.17. The van der Waals surface area contributed by atoms with Gasteiger partial charge in [-0.25, -0.2) is 0 Å². The quantitative estimate of drug-likeness (QED) is 0.508. The molecule has 4 nitrogen and oxygen atoms in total. The van der Waals surface area contributed by atoms with E-state index in [4.69, 9.17) is 0 Å². The van der Waals surface area contributed by atoms with E-state index in [2.05, 4.69) is 64.3 Å². The fraction of sp³-hybridized carbons (Fsp3) is 0.0870. The minimum absolute atomic E-state index is 0.00715. The number of fused-ring (bicyclic) bond motifs is 2. The predicted octanol–water partition coefficient (Wildman–Crippen LogP) is 4.54. The van der Waals surface area contributed by atoms with Crippen molar-refractivity contribution in [3.63, 3.8) is 0 Å². The van der Waals surface area contributed by atoms with Gasteiger partial charge in [0.05, 0.1) is 0 Å². The molecule has 27 heavy (non-hydrogen) atoms. The molecular weight excluding hydrogens is 334 g/mol. The van der Waals surface area contributed by atoms with Crippen molar-refractivity contribution in [1.29, 1.82) is 0 Å². The number of rotatable bonds is 3. The van der Waals surface area contributed by atoms with E-state index in [1.54, 1.807) is 11.6 Å². The second-order valence-corrected chi connectivity index (χ2v) is 6.93. The van der Waals surface area contributed by atoms with Crippen molar-refractivity contribution in [1.82, 2.24) is 14.1 Å². The van der Waals surface area contributed by atoms with Crippen LogP contribution in [0.25, 0.3) is 32.9 Å². The molecule has 2 aromatic carbocycles. The zero-order valence-corrected chi connectivity index (χ0v) is 15.0. The number of aryl methyl sites for hydroxylation is 1. The zero-order valence-electron chi connectivity index (χ0n) is 15.0. The number of H-pyrrole nitrogens is 1. The molecule has 5 rings (SSSR count). The summed E-state index contributed by atoms with van der Waals surface area (Å²) in [5, 5.41) is 2.17. The molecule has 3 aromatic heterocycles. The largest absolute Gasteiger partial charge is 0.357 e. The van der Waals surface area contributed by atoms with Crippen molar-refractivity contribution in [2.75, 3.05) is 0 Å². The first-order chi connectivity index (χ1) is 13.2. The number of nitrogens with one attached hydrogen (secondary N) is 1. The first kappa shape index (κ1) is 15.7. The van der Waals surface area contributed by atoms with Gasteiger partial charge in [-0.2, -0.15) is 0 Å². The first-order valence-corrected chi connectivity index (χ1v) is 9.00. The van der Waals surface area contributed by atoms with Gasteiger partial charge < -0.3 is 14.1 Å². The van der Waals surface area contributed by atoms with Gasteiger partial charge in [0.15, 0.2) is 0 Å². The van der Waals surface area contributed by atoms with Gasteiger partial charge in [0.1, 0.15) is 5.52 Å². The van der Waals surface area contributed by atoms with E-state index in [1.165, 1.54) is 16.5 Å². The second kappa shape index (κ2) is 6.02. The Morgan fingerprint density at radius 2 is 1.85 bits per heavy atom. The van der Waals surface area contributed by atoms with Crippen molar-refractivity contribution in [2.24, 2.45) is 7.05 Å².